The van der Waals surface area contributed by atoms with Gasteiger partial charge in [-0.2, -0.15) is 0 Å². The van der Waals surface area contributed by atoms with Crippen LogP contribution in [-0.2, 0) is 0 Å². The van der Waals surface area contributed by atoms with Crippen molar-refractivity contribution in [1.29, 1.82) is 0 Å². The highest BCUT2D eigenvalue weighted by Crippen LogP contribution is 2.07. The van der Waals surface area contributed by atoms with Gasteiger partial charge < -0.3 is 4.42 Å². The molecule has 2 rings (SSSR count). The van der Waals surface area contributed by atoms with Gasteiger partial charge in [-0.25, -0.2) is 0 Å². The molecule has 1 heterocycles. The molecule has 5 nitrogen and oxygen atoms in total. The van der Waals surface area contributed by atoms with Gasteiger partial charge in [0.15, 0.2) is 0 Å². The molecule has 0 spiro atoms. The fourth-order valence-electron chi connectivity index (χ4n) is 1.58. The maximum Gasteiger partial charge on any atom is 0.273 e. The van der Waals surface area contributed by atoms with Crippen molar-refractivity contribution in [2.75, 3.05) is 0 Å². The maximum atomic E-state index is 11.8. The molecule has 1 aromatic carbocycles. The van der Waals surface area contributed by atoms with Crippen LogP contribution in [0.15, 0.2) is 41.0 Å². The first-order valence-electron chi connectivity index (χ1n) is 5.79. The Morgan fingerprint density at radius 3 is 2.16 bits per heavy atom. The lowest BCUT2D eigenvalue weighted by Gasteiger charge is -2.06. The van der Waals surface area contributed by atoms with E-state index in [0.29, 0.717) is 16.9 Å². The number of carbonyl (C=O) groups excluding carboxylic acids is 2. The predicted octanol–water partition coefficient (Wildman–Crippen LogP) is 1.97. The third-order valence-corrected chi connectivity index (χ3v) is 2.71. The number of amides is 2. The summed E-state index contributed by atoms with van der Waals surface area (Å²) in [5, 5.41) is 0. The number of hydrogen-bond donors (Lipinski definition) is 2. The number of hydrazine groups is 1. The Labute approximate surface area is 110 Å². The largest absolute Gasteiger partial charge is 0.469 e. The van der Waals surface area contributed by atoms with Crippen LogP contribution in [-0.4, -0.2) is 11.8 Å². The molecule has 0 bridgehead atoms. The van der Waals surface area contributed by atoms with E-state index in [0.717, 1.165) is 5.56 Å². The summed E-state index contributed by atoms with van der Waals surface area (Å²) in [5.74, 6) is -0.275. The van der Waals surface area contributed by atoms with E-state index in [4.69, 9.17) is 4.42 Å². The van der Waals surface area contributed by atoms with Gasteiger partial charge in [0.05, 0.1) is 11.8 Å². The van der Waals surface area contributed by atoms with Crippen molar-refractivity contribution in [3.8, 4) is 0 Å². The van der Waals surface area contributed by atoms with Gasteiger partial charge in [0, 0.05) is 5.56 Å². The van der Waals surface area contributed by atoms with Crippen LogP contribution < -0.4 is 10.9 Å². The SMILES string of the molecule is Cc1ccc(C(=O)NNC(=O)c2ccoc2C)cc1. The first kappa shape index (κ1) is 12.9. The number of furan rings is 1. The fraction of sp³-hybridized carbons (Fsp3) is 0.143. The van der Waals surface area contributed by atoms with Crippen LogP contribution in [0.5, 0.6) is 0 Å². The molecule has 0 saturated heterocycles. The quantitative estimate of drug-likeness (QED) is 0.809. The van der Waals surface area contributed by atoms with E-state index in [-0.39, 0.29) is 5.91 Å². The Hall–Kier alpha value is -2.56. The van der Waals surface area contributed by atoms with E-state index in [2.05, 4.69) is 10.9 Å². The average molecular weight is 258 g/mol. The normalized spacial score (nSPS) is 10.0. The number of rotatable bonds is 2. The molecule has 1 aromatic heterocycles. The lowest BCUT2D eigenvalue weighted by Crippen LogP contribution is -2.41. The summed E-state index contributed by atoms with van der Waals surface area (Å²) in [6.45, 7) is 3.61. The highest BCUT2D eigenvalue weighted by molar-refractivity contribution is 5.99. The lowest BCUT2D eigenvalue weighted by molar-refractivity contribution is 0.0845. The lowest BCUT2D eigenvalue weighted by atomic mass is 10.1. The molecule has 19 heavy (non-hydrogen) atoms. The molecular weight excluding hydrogens is 244 g/mol. The number of carbonyl (C=O) groups is 2. The second-order valence-corrected chi connectivity index (χ2v) is 4.16. The third kappa shape index (κ3) is 3.01. The second-order valence-electron chi connectivity index (χ2n) is 4.16. The van der Waals surface area contributed by atoms with Gasteiger partial charge >= 0.3 is 0 Å². The van der Waals surface area contributed by atoms with Crippen molar-refractivity contribution >= 4 is 11.8 Å². The first-order chi connectivity index (χ1) is 9.08. The number of aryl methyl sites for hydroxylation is 2. The zero-order valence-corrected chi connectivity index (χ0v) is 10.7. The van der Waals surface area contributed by atoms with E-state index in [1.807, 2.05) is 19.1 Å². The molecule has 0 fully saturated rings. The summed E-state index contributed by atoms with van der Waals surface area (Å²) in [5.41, 5.74) is 6.63. The van der Waals surface area contributed by atoms with Crippen molar-refractivity contribution in [2.45, 2.75) is 13.8 Å². The molecule has 0 saturated carbocycles. The summed E-state index contributed by atoms with van der Waals surface area (Å²) in [7, 11) is 0. The average Bonchev–Trinajstić information content (AvgIpc) is 2.83. The van der Waals surface area contributed by atoms with Crippen molar-refractivity contribution in [3.05, 3.63) is 59.0 Å². The highest BCUT2D eigenvalue weighted by Gasteiger charge is 2.12. The monoisotopic (exact) mass is 258 g/mol. The van der Waals surface area contributed by atoms with Crippen LogP contribution in [0.3, 0.4) is 0 Å². The first-order valence-corrected chi connectivity index (χ1v) is 5.79. The van der Waals surface area contributed by atoms with Crippen molar-refractivity contribution in [1.82, 2.24) is 10.9 Å². The van der Waals surface area contributed by atoms with Crippen LogP contribution in [0.1, 0.15) is 32.0 Å². The Bertz CT molecular complexity index is 599. The molecule has 98 valence electrons. The minimum Gasteiger partial charge on any atom is -0.469 e. The summed E-state index contributed by atoms with van der Waals surface area (Å²) in [4.78, 5) is 23.5. The van der Waals surface area contributed by atoms with Crippen LogP contribution in [0.4, 0.5) is 0 Å². The Morgan fingerprint density at radius 2 is 1.58 bits per heavy atom. The van der Waals surface area contributed by atoms with Gasteiger partial charge in [0.25, 0.3) is 11.8 Å². The molecule has 2 aromatic rings. The van der Waals surface area contributed by atoms with Crippen LogP contribution in [0, 0.1) is 13.8 Å². The van der Waals surface area contributed by atoms with E-state index < -0.39 is 5.91 Å². The van der Waals surface area contributed by atoms with Crippen LogP contribution in [0.2, 0.25) is 0 Å². The van der Waals surface area contributed by atoms with E-state index in [1.54, 1.807) is 25.1 Å². The second kappa shape index (κ2) is 5.39. The summed E-state index contributed by atoms with van der Waals surface area (Å²) in [6, 6.07) is 8.59. The Balaban J connectivity index is 1.96. The van der Waals surface area contributed by atoms with Gasteiger partial charge in [-0.1, -0.05) is 17.7 Å². The van der Waals surface area contributed by atoms with Gasteiger partial charge in [0.2, 0.25) is 0 Å². The van der Waals surface area contributed by atoms with Crippen molar-refractivity contribution in [2.24, 2.45) is 0 Å². The summed E-state index contributed by atoms with van der Waals surface area (Å²) >= 11 is 0. The molecule has 0 aliphatic rings. The van der Waals surface area contributed by atoms with Gasteiger partial charge in [-0.3, -0.25) is 20.4 Å². The molecule has 2 amide bonds. The molecule has 0 aliphatic carbocycles. The summed E-state index contributed by atoms with van der Waals surface area (Å²) < 4.78 is 5.02. The molecule has 0 atom stereocenters. The number of nitrogens with one attached hydrogen (secondary N) is 2. The topological polar surface area (TPSA) is 71.3 Å². The van der Waals surface area contributed by atoms with Gasteiger partial charge in [0.1, 0.15) is 5.76 Å². The minimum atomic E-state index is -0.410. The van der Waals surface area contributed by atoms with E-state index in [1.165, 1.54) is 6.26 Å². The van der Waals surface area contributed by atoms with Crippen molar-refractivity contribution in [3.63, 3.8) is 0 Å². The van der Waals surface area contributed by atoms with Crippen molar-refractivity contribution < 1.29 is 14.0 Å². The van der Waals surface area contributed by atoms with Crippen LogP contribution in [0.25, 0.3) is 0 Å². The molecular formula is C14H14N2O3. The zero-order valence-electron chi connectivity index (χ0n) is 10.7. The number of hydrogen-bond acceptors (Lipinski definition) is 3. The minimum absolute atomic E-state index is 0.366. The molecule has 2 N–H and O–H groups in total. The molecule has 0 aliphatic heterocycles. The Morgan fingerprint density at radius 1 is 0.947 bits per heavy atom. The molecule has 0 unspecified atom stereocenters. The highest BCUT2D eigenvalue weighted by atomic mass is 16.3. The predicted molar refractivity (Wildman–Crippen MR) is 69.6 cm³/mol. The summed E-state index contributed by atoms with van der Waals surface area (Å²) in [6.07, 6.45) is 1.42. The van der Waals surface area contributed by atoms with Gasteiger partial charge in [-0.05, 0) is 32.0 Å². The maximum absolute atomic E-state index is 11.8. The Kier molecular flexibility index (Phi) is 3.66. The van der Waals surface area contributed by atoms with E-state index in [9.17, 15) is 9.59 Å². The zero-order chi connectivity index (χ0) is 13.8. The number of benzene rings is 1. The van der Waals surface area contributed by atoms with Gasteiger partial charge in [-0.15, -0.1) is 0 Å². The molecule has 0 radical (unpaired) electrons. The molecule has 5 heteroatoms. The standard InChI is InChI=1S/C14H14N2O3/c1-9-3-5-11(6-4-9)13(17)15-16-14(18)12-7-8-19-10(12)2/h3-8H,1-2H3,(H,15,17)(H,16,18). The smallest absolute Gasteiger partial charge is 0.273 e. The third-order valence-electron chi connectivity index (χ3n) is 2.71. The fourth-order valence-corrected chi connectivity index (χ4v) is 1.58. The van der Waals surface area contributed by atoms with E-state index >= 15 is 0 Å². The van der Waals surface area contributed by atoms with Crippen LogP contribution >= 0.6 is 0 Å².